The van der Waals surface area contributed by atoms with Crippen LogP contribution in [0.4, 0.5) is 0 Å². The number of unbranched alkanes of at least 4 members (excludes halogenated alkanes) is 5. The minimum atomic E-state index is -0.741. The highest BCUT2D eigenvalue weighted by atomic mass is 16.5. The molecule has 438 valence electrons. The van der Waals surface area contributed by atoms with Crippen molar-refractivity contribution in [2.75, 3.05) is 40.3 Å². The van der Waals surface area contributed by atoms with Gasteiger partial charge in [-0.2, -0.15) is 0 Å². The molecule has 3 aliphatic rings. The number of aromatic amines is 2. The number of hydrogen-bond acceptors (Lipinski definition) is 10. The molecule has 5 heterocycles. The Kier molecular flexibility index (Phi) is 20.7. The number of para-hydroxylation sites is 2. The number of nitrogens with zero attached hydrogens (tertiary/aromatic N) is 3. The van der Waals surface area contributed by atoms with Gasteiger partial charge in [-0.25, -0.2) is 4.99 Å². The van der Waals surface area contributed by atoms with Crippen LogP contribution in [0.5, 0.6) is 0 Å². The number of benzene rings is 2. The number of allylic oxidation sites excluding steroid dienone is 1. The monoisotopic (exact) mass is 1110 g/mol. The zero-order chi connectivity index (χ0) is 58.8. The maximum atomic E-state index is 14.4. The van der Waals surface area contributed by atoms with Crippen molar-refractivity contribution in [1.29, 1.82) is 0 Å². The molecule has 2 fully saturated rings. The Morgan fingerprint density at radius 2 is 1.26 bits per heavy atom. The van der Waals surface area contributed by atoms with Crippen molar-refractivity contribution >= 4 is 68.4 Å². The quantitative estimate of drug-likeness (QED) is 0.0171. The van der Waals surface area contributed by atoms with Crippen LogP contribution in [0, 0.1) is 10.8 Å². The Balaban J connectivity index is 0.929. The summed E-state index contributed by atoms with van der Waals surface area (Å²) in [6, 6.07) is 13.5. The number of amides is 5. The minimum absolute atomic E-state index is 0.102. The van der Waals surface area contributed by atoms with Crippen molar-refractivity contribution in [2.24, 2.45) is 15.8 Å². The van der Waals surface area contributed by atoms with E-state index < -0.39 is 17.5 Å². The lowest BCUT2D eigenvalue weighted by Crippen LogP contribution is -2.58. The third-order valence-corrected chi connectivity index (χ3v) is 16.4. The standard InChI is InChI=1S/C64H91N11O6/c1-39(55(48-38-70-50-29-21-19-27-45(48)50)81-43(5)52-30-24-34-74(52)42(4)56(63(6,7)8)72-59(77)40(2)65-12)58(76)67-32-22-16-14-15-17-23-33-68-61(79)54-46(47-37-69-49-28-20-18-26-44(47)49)36-51(71-54)53-31-25-35-75(53)62(80)57(64(9,10)11)73-60(78)41(3)66-13/h18-21,26-29,37-38,40-41,52-53,56-57,65-66,69-70H,4-5,14-17,22-25,30-36H2,1-3,6-13H3,(H,67,76)(H,68,79)(H,72,77)(H,73,78)/b55-39+. The number of aromatic nitrogens is 2. The topological polar surface area (TPSA) is 217 Å². The molecular formula is C64H91N11O6. The van der Waals surface area contributed by atoms with Crippen LogP contribution in [0.1, 0.15) is 144 Å². The number of likely N-dealkylation sites (tertiary alicyclic amines) is 2. The summed E-state index contributed by atoms with van der Waals surface area (Å²) in [4.78, 5) is 84.6. The number of carbonyl (C=O) groups is 5. The van der Waals surface area contributed by atoms with Crippen LogP contribution in [-0.4, -0.2) is 132 Å². The maximum Gasteiger partial charge on any atom is 0.270 e. The van der Waals surface area contributed by atoms with Gasteiger partial charge in [0.05, 0.1) is 35.8 Å². The largest absolute Gasteiger partial charge is 0.459 e. The molecule has 4 aromatic rings. The fraction of sp³-hybridized carbons (Fsp3) is 0.531. The molecule has 81 heavy (non-hydrogen) atoms. The van der Waals surface area contributed by atoms with Crippen LogP contribution >= 0.6 is 0 Å². The number of carbonyl (C=O) groups excluding carboxylic acids is 5. The summed E-state index contributed by atoms with van der Waals surface area (Å²) >= 11 is 0. The molecule has 0 radical (unpaired) electrons. The van der Waals surface area contributed by atoms with Crippen LogP contribution < -0.4 is 31.9 Å². The molecule has 6 unspecified atom stereocenters. The molecule has 3 aliphatic heterocycles. The molecule has 2 aromatic heterocycles. The van der Waals surface area contributed by atoms with Gasteiger partial charge >= 0.3 is 0 Å². The first kappa shape index (κ1) is 61.6. The fourth-order valence-electron chi connectivity index (χ4n) is 11.3. The highest BCUT2D eigenvalue weighted by molar-refractivity contribution is 6.15. The number of likely N-dealkylation sites (N-methyl/N-ethyl adjacent to an activating group) is 2. The van der Waals surface area contributed by atoms with Crippen molar-refractivity contribution in [3.63, 3.8) is 0 Å². The van der Waals surface area contributed by atoms with Gasteiger partial charge in [-0.1, -0.05) is 117 Å². The van der Waals surface area contributed by atoms with E-state index in [1.807, 2.05) is 93.5 Å². The van der Waals surface area contributed by atoms with Gasteiger partial charge in [0.1, 0.15) is 23.3 Å². The number of ether oxygens (including phenoxy) is 1. The second-order valence-corrected chi connectivity index (χ2v) is 24.4. The third kappa shape index (κ3) is 14.7. The second kappa shape index (κ2) is 27.2. The summed E-state index contributed by atoms with van der Waals surface area (Å²) in [7, 11) is 3.49. The van der Waals surface area contributed by atoms with Gasteiger partial charge < -0.3 is 56.4 Å². The first-order valence-corrected chi connectivity index (χ1v) is 29.3. The smallest absolute Gasteiger partial charge is 0.270 e. The lowest BCUT2D eigenvalue weighted by molar-refractivity contribution is -0.139. The van der Waals surface area contributed by atoms with E-state index in [0.29, 0.717) is 48.8 Å². The maximum absolute atomic E-state index is 14.4. The SMILES string of the molecule is C=C(O/C(=C(\C)C(=O)NCCCCCCCCNC(=O)C1=C(c2c[nH]c3ccccc23)CC(C2CCCN2C(=O)C(NC(=O)C(C)NC)C(C)(C)C)=N1)c1c[nH]c2ccccc12)C1CCCN1C(=C)C(NC(=O)C(C)NC)C(C)(C)C. The van der Waals surface area contributed by atoms with Crippen molar-refractivity contribution in [2.45, 2.75) is 169 Å². The Hall–Kier alpha value is -6.98. The van der Waals surface area contributed by atoms with Gasteiger partial charge in [0.25, 0.3) is 11.8 Å². The molecule has 5 amide bonds. The van der Waals surface area contributed by atoms with Crippen molar-refractivity contribution in [3.05, 3.63) is 108 Å². The van der Waals surface area contributed by atoms with E-state index >= 15 is 0 Å². The van der Waals surface area contributed by atoms with Crippen molar-refractivity contribution < 1.29 is 28.7 Å². The van der Waals surface area contributed by atoms with Crippen LogP contribution in [-0.2, 0) is 28.7 Å². The predicted molar refractivity (Wildman–Crippen MR) is 326 cm³/mol. The van der Waals surface area contributed by atoms with Crippen LogP contribution in [0.15, 0.2) is 102 Å². The molecule has 0 aliphatic carbocycles. The molecule has 0 spiro atoms. The molecular weight excluding hydrogens is 1020 g/mol. The first-order chi connectivity index (χ1) is 38.5. The van der Waals surface area contributed by atoms with E-state index in [4.69, 9.17) is 9.73 Å². The number of fused-ring (bicyclic) bond motifs is 2. The summed E-state index contributed by atoms with van der Waals surface area (Å²) in [6.07, 6.45) is 12.9. The van der Waals surface area contributed by atoms with Gasteiger partial charge in [-0.05, 0) is 102 Å². The van der Waals surface area contributed by atoms with E-state index in [1.54, 1.807) is 27.9 Å². The summed E-state index contributed by atoms with van der Waals surface area (Å²) in [5.74, 6) is 0.0169. The van der Waals surface area contributed by atoms with Crippen LogP contribution in [0.2, 0.25) is 0 Å². The van der Waals surface area contributed by atoms with Crippen molar-refractivity contribution in [1.82, 2.24) is 51.7 Å². The Morgan fingerprint density at radius 1 is 0.716 bits per heavy atom. The van der Waals surface area contributed by atoms with E-state index in [1.165, 1.54) is 0 Å². The molecule has 2 aromatic carbocycles. The zero-order valence-corrected chi connectivity index (χ0v) is 50.0. The first-order valence-electron chi connectivity index (χ1n) is 29.3. The molecule has 2 saturated heterocycles. The molecule has 7 rings (SSSR count). The fourth-order valence-corrected chi connectivity index (χ4v) is 11.3. The Bertz CT molecular complexity index is 3040. The molecule has 0 saturated carbocycles. The highest BCUT2D eigenvalue weighted by Crippen LogP contribution is 2.39. The normalized spacial score (nSPS) is 18.5. The number of aliphatic imine (C=N–C) groups is 1. The summed E-state index contributed by atoms with van der Waals surface area (Å²) in [6.45, 7) is 28.8. The number of hydrogen-bond donors (Lipinski definition) is 8. The highest BCUT2D eigenvalue weighted by Gasteiger charge is 2.43. The third-order valence-electron chi connectivity index (χ3n) is 16.4. The Morgan fingerprint density at radius 3 is 1.89 bits per heavy atom. The van der Waals surface area contributed by atoms with Gasteiger partial charge in [0.15, 0.2) is 0 Å². The van der Waals surface area contributed by atoms with E-state index in [0.717, 1.165) is 121 Å². The predicted octanol–water partition coefficient (Wildman–Crippen LogP) is 8.99. The second-order valence-electron chi connectivity index (χ2n) is 24.4. The minimum Gasteiger partial charge on any atom is -0.459 e. The average molecular weight is 1110 g/mol. The number of rotatable bonds is 26. The van der Waals surface area contributed by atoms with E-state index in [2.05, 4.69) is 80.7 Å². The zero-order valence-electron chi connectivity index (χ0n) is 50.0. The van der Waals surface area contributed by atoms with Crippen LogP contribution in [0.3, 0.4) is 0 Å². The molecule has 17 nitrogen and oxygen atoms in total. The van der Waals surface area contributed by atoms with E-state index in [9.17, 15) is 24.0 Å². The lowest BCUT2D eigenvalue weighted by atomic mass is 9.84. The van der Waals surface area contributed by atoms with Crippen LogP contribution in [0.25, 0.3) is 33.1 Å². The van der Waals surface area contributed by atoms with E-state index in [-0.39, 0.29) is 59.1 Å². The molecule has 6 atom stereocenters. The van der Waals surface area contributed by atoms with Gasteiger partial charge in [-0.3, -0.25) is 24.0 Å². The Labute approximate surface area is 480 Å². The number of nitrogens with one attached hydrogen (secondary N) is 8. The summed E-state index contributed by atoms with van der Waals surface area (Å²) < 4.78 is 6.76. The molecule has 8 N–H and O–H groups in total. The van der Waals surface area contributed by atoms with Gasteiger partial charge in [-0.15, -0.1) is 0 Å². The van der Waals surface area contributed by atoms with Gasteiger partial charge in [0, 0.05) is 89.3 Å². The summed E-state index contributed by atoms with van der Waals surface area (Å²) in [5, 5.41) is 20.5. The molecule has 0 bridgehead atoms. The van der Waals surface area contributed by atoms with Crippen molar-refractivity contribution in [3.8, 4) is 0 Å². The number of H-pyrrole nitrogens is 2. The summed E-state index contributed by atoms with van der Waals surface area (Å²) in [5.41, 5.74) is 5.95. The van der Waals surface area contributed by atoms with Gasteiger partial charge in [0.2, 0.25) is 17.7 Å². The average Bonchev–Trinajstić information content (AvgIpc) is 4.39. The lowest BCUT2D eigenvalue weighted by Gasteiger charge is -2.40. The molecule has 17 heteroatoms.